The quantitative estimate of drug-likeness (QED) is 0.849. The van der Waals surface area contributed by atoms with Crippen LogP contribution in [0.4, 0.5) is 5.69 Å². The van der Waals surface area contributed by atoms with Crippen molar-refractivity contribution in [1.82, 2.24) is 0 Å². The van der Waals surface area contributed by atoms with E-state index in [1.807, 2.05) is 24.5 Å². The molecule has 16 heavy (non-hydrogen) atoms. The SMILES string of the molecule is CSCCC(=O)Nc1cccc(C(C)C)c1. The Bertz CT molecular complexity index is 350. The Labute approximate surface area is 102 Å². The van der Waals surface area contributed by atoms with E-state index in [1.165, 1.54) is 5.56 Å². The lowest BCUT2D eigenvalue weighted by Crippen LogP contribution is -2.12. The van der Waals surface area contributed by atoms with Gasteiger partial charge in [0.25, 0.3) is 0 Å². The first kappa shape index (κ1) is 13.1. The third-order valence-electron chi connectivity index (χ3n) is 2.37. The lowest BCUT2D eigenvalue weighted by atomic mass is 10.0. The average Bonchev–Trinajstić information content (AvgIpc) is 2.26. The molecule has 0 atom stereocenters. The van der Waals surface area contributed by atoms with Crippen LogP contribution in [0.5, 0.6) is 0 Å². The Morgan fingerprint density at radius 3 is 2.81 bits per heavy atom. The van der Waals surface area contributed by atoms with Gasteiger partial charge in [-0.15, -0.1) is 0 Å². The number of benzene rings is 1. The molecule has 0 bridgehead atoms. The van der Waals surface area contributed by atoms with Gasteiger partial charge in [0.05, 0.1) is 0 Å². The minimum Gasteiger partial charge on any atom is -0.326 e. The van der Waals surface area contributed by atoms with Crippen molar-refractivity contribution in [2.24, 2.45) is 0 Å². The molecule has 0 saturated carbocycles. The van der Waals surface area contributed by atoms with Gasteiger partial charge in [0.1, 0.15) is 0 Å². The van der Waals surface area contributed by atoms with Gasteiger partial charge in [-0.05, 0) is 29.9 Å². The van der Waals surface area contributed by atoms with Gasteiger partial charge in [-0.1, -0.05) is 26.0 Å². The van der Waals surface area contributed by atoms with E-state index in [0.29, 0.717) is 12.3 Å². The van der Waals surface area contributed by atoms with Crippen LogP contribution in [0.2, 0.25) is 0 Å². The van der Waals surface area contributed by atoms with Crippen LogP contribution >= 0.6 is 11.8 Å². The molecular formula is C13H19NOS. The van der Waals surface area contributed by atoms with Gasteiger partial charge in [0.2, 0.25) is 5.91 Å². The molecule has 1 rings (SSSR count). The molecule has 0 unspecified atom stereocenters. The zero-order chi connectivity index (χ0) is 12.0. The van der Waals surface area contributed by atoms with Gasteiger partial charge in [0, 0.05) is 17.9 Å². The fourth-order valence-corrected chi connectivity index (χ4v) is 1.78. The van der Waals surface area contributed by atoms with Gasteiger partial charge in [-0.3, -0.25) is 4.79 Å². The number of carbonyl (C=O) groups excluding carboxylic acids is 1. The van der Waals surface area contributed by atoms with Crippen molar-refractivity contribution in [3.8, 4) is 0 Å². The van der Waals surface area contributed by atoms with E-state index >= 15 is 0 Å². The topological polar surface area (TPSA) is 29.1 Å². The molecule has 2 nitrogen and oxygen atoms in total. The van der Waals surface area contributed by atoms with Crippen molar-refractivity contribution in [2.75, 3.05) is 17.3 Å². The van der Waals surface area contributed by atoms with Crippen molar-refractivity contribution in [3.63, 3.8) is 0 Å². The highest BCUT2D eigenvalue weighted by Crippen LogP contribution is 2.18. The summed E-state index contributed by atoms with van der Waals surface area (Å²) in [6.45, 7) is 4.29. The summed E-state index contributed by atoms with van der Waals surface area (Å²) < 4.78 is 0. The number of thioether (sulfide) groups is 1. The second-order valence-electron chi connectivity index (χ2n) is 4.07. The molecule has 3 heteroatoms. The monoisotopic (exact) mass is 237 g/mol. The summed E-state index contributed by atoms with van der Waals surface area (Å²) >= 11 is 1.69. The molecule has 88 valence electrons. The third-order valence-corrected chi connectivity index (χ3v) is 2.98. The van der Waals surface area contributed by atoms with Crippen LogP contribution in [-0.2, 0) is 4.79 Å². The molecule has 0 aliphatic rings. The number of hydrogen-bond acceptors (Lipinski definition) is 2. The minimum atomic E-state index is 0.0928. The Morgan fingerprint density at radius 1 is 1.44 bits per heavy atom. The van der Waals surface area contributed by atoms with E-state index in [-0.39, 0.29) is 5.91 Å². The summed E-state index contributed by atoms with van der Waals surface area (Å²) in [5.41, 5.74) is 2.15. The first-order valence-electron chi connectivity index (χ1n) is 5.52. The normalized spacial score (nSPS) is 10.5. The maximum atomic E-state index is 11.5. The molecule has 0 fully saturated rings. The zero-order valence-electron chi connectivity index (χ0n) is 10.1. The van der Waals surface area contributed by atoms with Crippen LogP contribution in [-0.4, -0.2) is 17.9 Å². The van der Waals surface area contributed by atoms with Crippen LogP contribution in [0.15, 0.2) is 24.3 Å². The summed E-state index contributed by atoms with van der Waals surface area (Å²) in [6, 6.07) is 8.05. The molecule has 0 radical (unpaired) electrons. The fraction of sp³-hybridized carbons (Fsp3) is 0.462. The van der Waals surface area contributed by atoms with Gasteiger partial charge >= 0.3 is 0 Å². The zero-order valence-corrected chi connectivity index (χ0v) is 10.9. The fourth-order valence-electron chi connectivity index (χ4n) is 1.39. The largest absolute Gasteiger partial charge is 0.326 e. The van der Waals surface area contributed by atoms with Crippen molar-refractivity contribution in [2.45, 2.75) is 26.2 Å². The van der Waals surface area contributed by atoms with Crippen LogP contribution in [0.3, 0.4) is 0 Å². The predicted octanol–water partition coefficient (Wildman–Crippen LogP) is 3.50. The summed E-state index contributed by atoms with van der Waals surface area (Å²) in [4.78, 5) is 11.5. The minimum absolute atomic E-state index is 0.0928. The highest BCUT2D eigenvalue weighted by atomic mass is 32.2. The van der Waals surface area contributed by atoms with E-state index < -0.39 is 0 Å². The predicted molar refractivity (Wildman–Crippen MR) is 72.2 cm³/mol. The average molecular weight is 237 g/mol. The van der Waals surface area contributed by atoms with Crippen LogP contribution in [0.25, 0.3) is 0 Å². The highest BCUT2D eigenvalue weighted by molar-refractivity contribution is 7.98. The van der Waals surface area contributed by atoms with E-state index in [1.54, 1.807) is 11.8 Å². The smallest absolute Gasteiger partial charge is 0.225 e. The molecule has 0 saturated heterocycles. The van der Waals surface area contributed by atoms with Gasteiger partial charge in [0.15, 0.2) is 0 Å². The second kappa shape index (κ2) is 6.59. The number of amides is 1. The molecule has 0 aliphatic carbocycles. The molecule has 0 aliphatic heterocycles. The number of nitrogens with one attached hydrogen (secondary N) is 1. The molecule has 0 aromatic heterocycles. The Morgan fingerprint density at radius 2 is 2.19 bits per heavy atom. The molecule has 0 spiro atoms. The first-order chi connectivity index (χ1) is 7.63. The number of anilines is 1. The number of hydrogen-bond donors (Lipinski definition) is 1. The maximum absolute atomic E-state index is 11.5. The summed E-state index contributed by atoms with van der Waals surface area (Å²) in [5.74, 6) is 1.45. The molecule has 0 heterocycles. The van der Waals surface area contributed by atoms with Crippen LogP contribution < -0.4 is 5.32 Å². The van der Waals surface area contributed by atoms with Crippen LogP contribution in [0.1, 0.15) is 31.7 Å². The van der Waals surface area contributed by atoms with E-state index in [4.69, 9.17) is 0 Å². The lowest BCUT2D eigenvalue weighted by molar-refractivity contribution is -0.115. The van der Waals surface area contributed by atoms with Crippen molar-refractivity contribution in [1.29, 1.82) is 0 Å². The number of carbonyl (C=O) groups is 1. The Hall–Kier alpha value is -0.960. The molecule has 1 aromatic rings. The molecule has 1 N–H and O–H groups in total. The maximum Gasteiger partial charge on any atom is 0.225 e. The van der Waals surface area contributed by atoms with Crippen molar-refractivity contribution < 1.29 is 4.79 Å². The highest BCUT2D eigenvalue weighted by Gasteiger charge is 2.03. The first-order valence-corrected chi connectivity index (χ1v) is 6.91. The van der Waals surface area contributed by atoms with Gasteiger partial charge in [-0.2, -0.15) is 11.8 Å². The van der Waals surface area contributed by atoms with Gasteiger partial charge < -0.3 is 5.32 Å². The van der Waals surface area contributed by atoms with Crippen LogP contribution in [0, 0.1) is 0 Å². The molecule has 1 amide bonds. The van der Waals surface area contributed by atoms with E-state index in [9.17, 15) is 4.79 Å². The van der Waals surface area contributed by atoms with E-state index in [2.05, 4.69) is 25.2 Å². The van der Waals surface area contributed by atoms with Crippen molar-refractivity contribution in [3.05, 3.63) is 29.8 Å². The van der Waals surface area contributed by atoms with Crippen molar-refractivity contribution >= 4 is 23.4 Å². The lowest BCUT2D eigenvalue weighted by Gasteiger charge is -2.09. The summed E-state index contributed by atoms with van der Waals surface area (Å²) in [7, 11) is 0. The summed E-state index contributed by atoms with van der Waals surface area (Å²) in [5, 5.41) is 2.92. The number of rotatable bonds is 5. The Kier molecular flexibility index (Phi) is 5.39. The Balaban J connectivity index is 2.59. The second-order valence-corrected chi connectivity index (χ2v) is 5.06. The molecular weight excluding hydrogens is 218 g/mol. The van der Waals surface area contributed by atoms with E-state index in [0.717, 1.165) is 11.4 Å². The third kappa shape index (κ3) is 4.27. The van der Waals surface area contributed by atoms with Gasteiger partial charge in [-0.25, -0.2) is 0 Å². The molecule has 1 aromatic carbocycles. The summed E-state index contributed by atoms with van der Waals surface area (Å²) in [6.07, 6.45) is 2.58. The standard InChI is InChI=1S/C13H19NOS/c1-10(2)11-5-4-6-12(9-11)14-13(15)7-8-16-3/h4-6,9-10H,7-8H2,1-3H3,(H,14,15).